The predicted molar refractivity (Wildman–Crippen MR) is 143 cm³/mol. The predicted octanol–water partition coefficient (Wildman–Crippen LogP) is 5.31. The molecule has 0 aliphatic carbocycles. The van der Waals surface area contributed by atoms with E-state index in [0.29, 0.717) is 43.0 Å². The number of halogens is 2. The highest BCUT2D eigenvalue weighted by atomic mass is 19.3. The second kappa shape index (κ2) is 8.95. The number of rotatable bonds is 5. The summed E-state index contributed by atoms with van der Waals surface area (Å²) in [5, 5.41) is 24.0. The van der Waals surface area contributed by atoms with Gasteiger partial charge in [0.2, 0.25) is 5.91 Å². The van der Waals surface area contributed by atoms with Crippen molar-refractivity contribution in [1.29, 1.82) is 0 Å². The molecule has 3 aromatic rings. The topological polar surface area (TPSA) is 87.6 Å². The lowest BCUT2D eigenvalue weighted by atomic mass is 9.74. The van der Waals surface area contributed by atoms with E-state index in [1.807, 2.05) is 19.9 Å². The molecule has 0 unspecified atom stereocenters. The van der Waals surface area contributed by atoms with Crippen LogP contribution in [0.4, 0.5) is 20.3 Å². The lowest BCUT2D eigenvalue weighted by Gasteiger charge is -2.32. The molecule has 1 aromatic heterocycles. The fourth-order valence-electron chi connectivity index (χ4n) is 5.91. The van der Waals surface area contributed by atoms with E-state index in [2.05, 4.69) is 21.6 Å². The monoisotopic (exact) mass is 524 g/mol. The van der Waals surface area contributed by atoms with Crippen molar-refractivity contribution in [1.82, 2.24) is 10.2 Å². The fraction of sp³-hybridized carbons (Fsp3) is 0.483. The van der Waals surface area contributed by atoms with Crippen molar-refractivity contribution in [2.24, 2.45) is 0 Å². The summed E-state index contributed by atoms with van der Waals surface area (Å²) in [5.74, 6) is -2.84. The maximum Gasteiger partial charge on any atom is 0.300 e. The number of fused-ring (bicyclic) bond motifs is 3. The van der Waals surface area contributed by atoms with Crippen LogP contribution in [-0.4, -0.2) is 47.1 Å². The molecule has 9 heteroatoms. The van der Waals surface area contributed by atoms with Crippen LogP contribution in [0.1, 0.15) is 67.6 Å². The summed E-state index contributed by atoms with van der Waals surface area (Å²) < 4.78 is 35.7. The molecule has 38 heavy (non-hydrogen) atoms. The van der Waals surface area contributed by atoms with Crippen LogP contribution in [0.3, 0.4) is 0 Å². The molecule has 1 saturated heterocycles. The number of nitrogens with one attached hydrogen (secondary N) is 1. The summed E-state index contributed by atoms with van der Waals surface area (Å²) in [6, 6.07) is 8.38. The molecule has 0 bridgehead atoms. The number of ether oxygens (including phenoxy) is 1. The number of aromatic nitrogens is 2. The van der Waals surface area contributed by atoms with Crippen molar-refractivity contribution in [3.8, 4) is 0 Å². The third-order valence-corrected chi connectivity index (χ3v) is 8.32. The van der Waals surface area contributed by atoms with E-state index in [4.69, 9.17) is 4.74 Å². The molecule has 2 aliphatic heterocycles. The van der Waals surface area contributed by atoms with Gasteiger partial charge in [-0.05, 0) is 76.3 Å². The van der Waals surface area contributed by atoms with Crippen LogP contribution in [0.5, 0.6) is 0 Å². The lowest BCUT2D eigenvalue weighted by Crippen LogP contribution is -2.42. The SMILES string of the molecule is Cc1c([C@@H](C)Nc2nnc(C)c3cc4c(cc23)N(C)C(=O)C42CCOCC2)cccc1C(F)(F)C(C)(C)O. The minimum atomic E-state index is -3.43. The zero-order valence-electron chi connectivity index (χ0n) is 22.7. The summed E-state index contributed by atoms with van der Waals surface area (Å²) in [7, 11) is 1.80. The molecule has 7 nitrogen and oxygen atoms in total. The average Bonchev–Trinajstić information content (AvgIpc) is 3.06. The van der Waals surface area contributed by atoms with Crippen LogP contribution in [0.15, 0.2) is 30.3 Å². The van der Waals surface area contributed by atoms with Gasteiger partial charge in [-0.15, -0.1) is 5.10 Å². The maximum atomic E-state index is 15.1. The molecule has 1 amide bonds. The standard InChI is InChI=1S/C29H34F2N4O3/c1-16-19(8-7-9-22(16)29(30,31)27(4,5)37)17(2)32-25-21-15-24-23(14-20(21)18(3)33-34-25)28(26(36)35(24)6)10-12-38-13-11-28/h7-9,14-15,17,37H,10-13H2,1-6H3,(H,32,34)/t17-/m1/s1. The number of amides is 1. The number of anilines is 2. The van der Waals surface area contributed by atoms with E-state index < -0.39 is 16.9 Å². The van der Waals surface area contributed by atoms with Crippen LogP contribution < -0.4 is 10.2 Å². The minimum absolute atomic E-state index is 0.0766. The van der Waals surface area contributed by atoms with Crippen molar-refractivity contribution in [2.75, 3.05) is 30.5 Å². The van der Waals surface area contributed by atoms with E-state index in [1.54, 1.807) is 31.0 Å². The van der Waals surface area contributed by atoms with Crippen molar-refractivity contribution < 1.29 is 23.4 Å². The van der Waals surface area contributed by atoms with Gasteiger partial charge < -0.3 is 20.1 Å². The Labute approximate surface area is 221 Å². The fourth-order valence-corrected chi connectivity index (χ4v) is 5.91. The summed E-state index contributed by atoms with van der Waals surface area (Å²) in [6.45, 7) is 8.71. The van der Waals surface area contributed by atoms with Crippen LogP contribution >= 0.6 is 0 Å². The van der Waals surface area contributed by atoms with Gasteiger partial charge in [0.15, 0.2) is 5.82 Å². The van der Waals surface area contributed by atoms with Gasteiger partial charge in [-0.25, -0.2) is 0 Å². The quantitative estimate of drug-likeness (QED) is 0.471. The number of aryl methyl sites for hydroxylation is 1. The Morgan fingerprint density at radius 1 is 1.13 bits per heavy atom. The second-order valence-corrected chi connectivity index (χ2v) is 11.1. The number of carbonyl (C=O) groups excluding carboxylic acids is 1. The third kappa shape index (κ3) is 3.86. The van der Waals surface area contributed by atoms with Gasteiger partial charge in [-0.3, -0.25) is 4.79 Å². The van der Waals surface area contributed by atoms with Crippen molar-refractivity contribution in [2.45, 2.75) is 70.4 Å². The van der Waals surface area contributed by atoms with Crippen LogP contribution in [-0.2, 0) is 20.9 Å². The molecule has 0 radical (unpaired) electrons. The molecule has 2 aliphatic rings. The number of benzene rings is 2. The first kappa shape index (κ1) is 26.4. The molecule has 5 rings (SSSR count). The van der Waals surface area contributed by atoms with Gasteiger partial charge >= 0.3 is 5.92 Å². The van der Waals surface area contributed by atoms with Gasteiger partial charge in [0, 0.05) is 42.3 Å². The molecular formula is C29H34F2N4O3. The molecule has 202 valence electrons. The maximum absolute atomic E-state index is 15.1. The molecule has 1 fully saturated rings. The smallest absolute Gasteiger partial charge is 0.300 e. The normalized spacial score (nSPS) is 18.2. The Balaban J connectivity index is 1.57. The number of hydrogen-bond donors (Lipinski definition) is 2. The highest BCUT2D eigenvalue weighted by molar-refractivity contribution is 6.11. The molecule has 3 heterocycles. The van der Waals surface area contributed by atoms with Crippen molar-refractivity contribution in [3.05, 3.63) is 58.3 Å². The van der Waals surface area contributed by atoms with Gasteiger partial charge in [-0.1, -0.05) is 18.2 Å². The Kier molecular flexibility index (Phi) is 6.23. The molecule has 2 aromatic carbocycles. The summed E-state index contributed by atoms with van der Waals surface area (Å²) in [6.07, 6.45) is 1.28. The first-order valence-corrected chi connectivity index (χ1v) is 12.9. The summed E-state index contributed by atoms with van der Waals surface area (Å²) >= 11 is 0. The Hall–Kier alpha value is -3.17. The largest absolute Gasteiger partial charge is 0.384 e. The number of nitrogens with zero attached hydrogens (tertiary/aromatic N) is 3. The zero-order valence-corrected chi connectivity index (χ0v) is 22.7. The molecule has 0 saturated carbocycles. The van der Waals surface area contributed by atoms with E-state index in [-0.39, 0.29) is 17.5 Å². The van der Waals surface area contributed by atoms with Gasteiger partial charge in [-0.2, -0.15) is 13.9 Å². The van der Waals surface area contributed by atoms with Gasteiger partial charge in [0.1, 0.15) is 5.60 Å². The third-order valence-electron chi connectivity index (χ3n) is 8.32. The summed E-state index contributed by atoms with van der Waals surface area (Å²) in [4.78, 5) is 15.1. The molecule has 2 N–H and O–H groups in total. The molecule has 1 spiro atoms. The first-order chi connectivity index (χ1) is 17.8. The van der Waals surface area contributed by atoms with Gasteiger partial charge in [0.05, 0.1) is 17.2 Å². The number of hydrogen-bond acceptors (Lipinski definition) is 6. The average molecular weight is 525 g/mol. The number of aliphatic hydroxyl groups is 1. The van der Waals surface area contributed by atoms with Crippen LogP contribution in [0, 0.1) is 13.8 Å². The van der Waals surface area contributed by atoms with Crippen LogP contribution in [0.25, 0.3) is 10.8 Å². The summed E-state index contributed by atoms with van der Waals surface area (Å²) in [5.41, 5.74) is 0.634. The zero-order chi connectivity index (χ0) is 27.6. The Morgan fingerprint density at radius 3 is 2.47 bits per heavy atom. The Bertz CT molecular complexity index is 1430. The molecular weight excluding hydrogens is 490 g/mol. The highest BCUT2D eigenvalue weighted by Gasteiger charge is 2.51. The second-order valence-electron chi connectivity index (χ2n) is 11.1. The highest BCUT2D eigenvalue weighted by Crippen LogP contribution is 2.49. The van der Waals surface area contributed by atoms with E-state index in [0.717, 1.165) is 41.6 Å². The number of carbonyl (C=O) groups is 1. The van der Waals surface area contributed by atoms with Crippen LogP contribution in [0.2, 0.25) is 0 Å². The van der Waals surface area contributed by atoms with Crippen molar-refractivity contribution in [3.63, 3.8) is 0 Å². The van der Waals surface area contributed by atoms with E-state index in [1.165, 1.54) is 6.07 Å². The van der Waals surface area contributed by atoms with Crippen molar-refractivity contribution >= 4 is 28.2 Å². The van der Waals surface area contributed by atoms with E-state index in [9.17, 15) is 9.90 Å². The number of alkyl halides is 2. The first-order valence-electron chi connectivity index (χ1n) is 12.9. The lowest BCUT2D eigenvalue weighted by molar-refractivity contribution is -0.168. The number of likely N-dealkylation sites (N-methyl/N-ethyl adjacent to an activating group) is 1. The minimum Gasteiger partial charge on any atom is -0.384 e. The van der Waals surface area contributed by atoms with E-state index >= 15 is 8.78 Å². The molecule has 1 atom stereocenters. The Morgan fingerprint density at radius 2 is 1.82 bits per heavy atom. The van der Waals surface area contributed by atoms with Gasteiger partial charge in [0.25, 0.3) is 0 Å².